The highest BCUT2D eigenvalue weighted by Crippen LogP contribution is 2.40. The molecule has 0 aliphatic heterocycles. The first kappa shape index (κ1) is 12.4. The topological polar surface area (TPSA) is 52.6 Å². The highest BCUT2D eigenvalue weighted by molar-refractivity contribution is 8.14. The Balaban J connectivity index is 3.61. The summed E-state index contributed by atoms with van der Waals surface area (Å²) in [6, 6.07) is 2.87. The first-order chi connectivity index (χ1) is 6.91. The summed E-state index contributed by atoms with van der Waals surface area (Å²) < 4.78 is 32.3. The first-order valence-electron chi connectivity index (χ1n) is 3.77. The summed E-state index contributed by atoms with van der Waals surface area (Å²) in [6.07, 6.45) is 0. The van der Waals surface area contributed by atoms with Crippen LogP contribution in [0.5, 0.6) is 11.5 Å². The van der Waals surface area contributed by atoms with E-state index in [4.69, 9.17) is 31.8 Å². The van der Waals surface area contributed by atoms with Crippen LogP contribution in [-0.4, -0.2) is 22.6 Å². The maximum atomic E-state index is 11.2. The van der Waals surface area contributed by atoms with Crippen LogP contribution in [0.15, 0.2) is 17.0 Å². The molecule has 1 aromatic carbocycles. The van der Waals surface area contributed by atoms with Crippen molar-refractivity contribution in [1.82, 2.24) is 0 Å². The van der Waals surface area contributed by atoms with Crippen LogP contribution in [0.25, 0.3) is 0 Å². The molecule has 0 atom stereocenters. The Labute approximate surface area is 97.1 Å². The second kappa shape index (κ2) is 4.47. The van der Waals surface area contributed by atoms with Crippen molar-refractivity contribution in [2.75, 3.05) is 14.2 Å². The van der Waals surface area contributed by atoms with Crippen molar-refractivity contribution in [3.8, 4) is 11.5 Å². The Hall–Kier alpha value is -0.650. The van der Waals surface area contributed by atoms with Gasteiger partial charge in [0.25, 0.3) is 9.05 Å². The maximum Gasteiger partial charge on any atom is 0.266 e. The van der Waals surface area contributed by atoms with E-state index in [2.05, 4.69) is 0 Å². The Morgan fingerprint density at radius 1 is 1.20 bits per heavy atom. The van der Waals surface area contributed by atoms with E-state index >= 15 is 0 Å². The number of rotatable bonds is 3. The zero-order valence-electron chi connectivity index (χ0n) is 7.95. The lowest BCUT2D eigenvalue weighted by atomic mass is 10.3. The minimum Gasteiger partial charge on any atom is -0.493 e. The van der Waals surface area contributed by atoms with Crippen molar-refractivity contribution >= 4 is 31.3 Å². The summed E-state index contributed by atoms with van der Waals surface area (Å²) >= 11 is 5.72. The number of hydrogen-bond acceptors (Lipinski definition) is 4. The predicted molar refractivity (Wildman–Crippen MR) is 57.6 cm³/mol. The van der Waals surface area contributed by atoms with Gasteiger partial charge < -0.3 is 9.47 Å². The minimum atomic E-state index is -3.97. The number of hydrogen-bond donors (Lipinski definition) is 0. The third-order valence-electron chi connectivity index (χ3n) is 1.70. The molecule has 1 rings (SSSR count). The highest BCUT2D eigenvalue weighted by atomic mass is 35.7. The van der Waals surface area contributed by atoms with Crippen molar-refractivity contribution < 1.29 is 17.9 Å². The van der Waals surface area contributed by atoms with E-state index in [1.54, 1.807) is 0 Å². The van der Waals surface area contributed by atoms with E-state index in [0.717, 1.165) is 0 Å². The van der Waals surface area contributed by atoms with Crippen LogP contribution < -0.4 is 9.47 Å². The molecular weight excluding hydrogens is 263 g/mol. The van der Waals surface area contributed by atoms with Gasteiger partial charge in [0, 0.05) is 10.7 Å². The minimum absolute atomic E-state index is 0.000000000000000444. The summed E-state index contributed by atoms with van der Waals surface area (Å²) in [6.45, 7) is 0. The molecule has 0 amide bonds. The van der Waals surface area contributed by atoms with Crippen LogP contribution in [0.4, 0.5) is 0 Å². The van der Waals surface area contributed by atoms with Crippen molar-refractivity contribution in [2.24, 2.45) is 0 Å². The molecule has 0 N–H and O–H groups in total. The average molecular weight is 271 g/mol. The van der Waals surface area contributed by atoms with E-state index < -0.39 is 9.05 Å². The molecule has 1 aromatic rings. The van der Waals surface area contributed by atoms with Crippen LogP contribution in [0, 0.1) is 0 Å². The molecule has 7 heteroatoms. The van der Waals surface area contributed by atoms with E-state index in [1.165, 1.54) is 26.4 Å². The Morgan fingerprint density at radius 2 is 1.80 bits per heavy atom. The van der Waals surface area contributed by atoms with Crippen molar-refractivity contribution in [3.05, 3.63) is 17.2 Å². The smallest absolute Gasteiger partial charge is 0.266 e. The fourth-order valence-corrected chi connectivity index (χ4v) is 2.84. The fraction of sp³-hybridized carbons (Fsp3) is 0.250. The van der Waals surface area contributed by atoms with Gasteiger partial charge in [-0.15, -0.1) is 0 Å². The van der Waals surface area contributed by atoms with Gasteiger partial charge >= 0.3 is 0 Å². The third kappa shape index (κ3) is 2.48. The van der Waals surface area contributed by atoms with Crippen LogP contribution in [0.1, 0.15) is 0 Å². The molecule has 0 aliphatic rings. The van der Waals surface area contributed by atoms with Gasteiger partial charge in [-0.25, -0.2) is 8.42 Å². The summed E-state index contributed by atoms with van der Waals surface area (Å²) in [5.41, 5.74) is 0. The van der Waals surface area contributed by atoms with Crippen molar-refractivity contribution in [3.63, 3.8) is 0 Å². The number of ether oxygens (including phenoxy) is 2. The summed E-state index contributed by atoms with van der Waals surface area (Å²) in [5.74, 6) is 0.251. The molecule has 0 unspecified atom stereocenters. The lowest BCUT2D eigenvalue weighted by Crippen LogP contribution is -1.99. The molecule has 0 aromatic heterocycles. The third-order valence-corrected chi connectivity index (χ3v) is 3.48. The lowest BCUT2D eigenvalue weighted by Gasteiger charge is -2.11. The molecule has 0 heterocycles. The molecule has 0 saturated heterocycles. The zero-order valence-corrected chi connectivity index (χ0v) is 10.3. The largest absolute Gasteiger partial charge is 0.493 e. The molecule has 0 radical (unpaired) electrons. The van der Waals surface area contributed by atoms with Gasteiger partial charge in [-0.3, -0.25) is 0 Å². The van der Waals surface area contributed by atoms with Gasteiger partial charge in [0.05, 0.1) is 19.2 Å². The molecule has 4 nitrogen and oxygen atoms in total. The van der Waals surface area contributed by atoms with Crippen LogP contribution >= 0.6 is 22.3 Å². The van der Waals surface area contributed by atoms with Crippen LogP contribution in [0.3, 0.4) is 0 Å². The fourth-order valence-electron chi connectivity index (χ4n) is 1.10. The van der Waals surface area contributed by atoms with Gasteiger partial charge in [-0.05, 0) is 12.1 Å². The van der Waals surface area contributed by atoms with E-state index in [1.807, 2.05) is 0 Å². The molecule has 0 bridgehead atoms. The number of methoxy groups -OCH3 is 2. The van der Waals surface area contributed by atoms with Crippen molar-refractivity contribution in [2.45, 2.75) is 4.90 Å². The average Bonchev–Trinajstić information content (AvgIpc) is 2.15. The van der Waals surface area contributed by atoms with Gasteiger partial charge in [0.15, 0.2) is 11.5 Å². The van der Waals surface area contributed by atoms with Crippen LogP contribution in [-0.2, 0) is 9.05 Å². The van der Waals surface area contributed by atoms with E-state index in [-0.39, 0.29) is 21.4 Å². The van der Waals surface area contributed by atoms with E-state index in [9.17, 15) is 8.42 Å². The summed E-state index contributed by atoms with van der Waals surface area (Å²) in [5, 5.41) is -0.0114. The van der Waals surface area contributed by atoms with Gasteiger partial charge in [-0.1, -0.05) is 11.6 Å². The monoisotopic (exact) mass is 270 g/mol. The molecule has 84 valence electrons. The molecule has 0 saturated carbocycles. The van der Waals surface area contributed by atoms with Crippen molar-refractivity contribution in [1.29, 1.82) is 0 Å². The van der Waals surface area contributed by atoms with Gasteiger partial charge in [0.2, 0.25) is 0 Å². The molecule has 0 fully saturated rings. The zero-order chi connectivity index (χ0) is 11.6. The molecular formula is C8H8Cl2O4S. The van der Waals surface area contributed by atoms with Crippen LogP contribution in [0.2, 0.25) is 5.02 Å². The summed E-state index contributed by atoms with van der Waals surface area (Å²) in [4.78, 5) is -0.285. The van der Waals surface area contributed by atoms with Gasteiger partial charge in [0.1, 0.15) is 4.90 Å². The van der Waals surface area contributed by atoms with E-state index in [0.29, 0.717) is 0 Å². The lowest BCUT2D eigenvalue weighted by molar-refractivity contribution is 0.347. The number of halogens is 2. The normalized spacial score (nSPS) is 11.2. The Morgan fingerprint density at radius 3 is 2.20 bits per heavy atom. The standard InChI is InChI=1S/C8H8Cl2O4S/c1-13-6-4-3-5(9)8(7(6)14-2)15(10,11)12/h3-4H,1-2H3. The molecule has 15 heavy (non-hydrogen) atoms. The van der Waals surface area contributed by atoms with Gasteiger partial charge in [-0.2, -0.15) is 0 Å². The molecule has 0 spiro atoms. The quantitative estimate of drug-likeness (QED) is 0.791. The second-order valence-corrected chi connectivity index (χ2v) is 5.46. The second-order valence-electron chi connectivity index (χ2n) is 2.55. The maximum absolute atomic E-state index is 11.2. The highest BCUT2D eigenvalue weighted by Gasteiger charge is 2.24. The summed E-state index contributed by atoms with van der Waals surface area (Å²) in [7, 11) is 3.95. The SMILES string of the molecule is COc1ccc(Cl)c(S(=O)(=O)Cl)c1OC. The number of benzene rings is 1. The Kier molecular flexibility index (Phi) is 3.70. The molecule has 0 aliphatic carbocycles. The predicted octanol–water partition coefficient (Wildman–Crippen LogP) is 2.28. The first-order valence-corrected chi connectivity index (χ1v) is 6.45. The Bertz CT molecular complexity index is 470.